The van der Waals surface area contributed by atoms with Crippen molar-refractivity contribution in [1.29, 1.82) is 0 Å². The lowest BCUT2D eigenvalue weighted by Crippen LogP contribution is -2.33. The first-order valence-corrected chi connectivity index (χ1v) is 7.95. The average molecular weight is 304 g/mol. The molecular formula is C14H16N4O2S. The Labute approximate surface area is 125 Å². The van der Waals surface area contributed by atoms with Crippen molar-refractivity contribution in [3.05, 3.63) is 35.4 Å². The molecule has 4 rings (SSSR count). The van der Waals surface area contributed by atoms with Crippen LogP contribution in [0.15, 0.2) is 29.1 Å². The van der Waals surface area contributed by atoms with Crippen LogP contribution in [0.1, 0.15) is 35.9 Å². The number of nitrogens with zero attached hydrogens (tertiary/aromatic N) is 4. The van der Waals surface area contributed by atoms with Crippen molar-refractivity contribution in [2.45, 2.75) is 25.3 Å². The highest BCUT2D eigenvalue weighted by atomic mass is 32.1. The zero-order valence-corrected chi connectivity index (χ0v) is 12.3. The maximum atomic E-state index is 10.5. The molecule has 0 aromatic carbocycles. The number of piperidine rings is 1. The Bertz CT molecular complexity index is 727. The summed E-state index contributed by atoms with van der Waals surface area (Å²) in [4.78, 5) is 8.09. The van der Waals surface area contributed by atoms with E-state index in [1.54, 1.807) is 6.26 Å². The van der Waals surface area contributed by atoms with E-state index in [0.717, 1.165) is 23.7 Å². The Kier molecular flexibility index (Phi) is 3.16. The van der Waals surface area contributed by atoms with Gasteiger partial charge in [-0.05, 0) is 38.1 Å². The normalized spacial score (nSPS) is 18.3. The molecule has 0 saturated carbocycles. The first kappa shape index (κ1) is 12.8. The molecule has 7 heteroatoms. The van der Waals surface area contributed by atoms with Crippen molar-refractivity contribution in [3.63, 3.8) is 0 Å². The quantitative estimate of drug-likeness (QED) is 0.806. The van der Waals surface area contributed by atoms with Crippen molar-refractivity contribution >= 4 is 16.3 Å². The lowest BCUT2D eigenvalue weighted by Gasteiger charge is -2.32. The van der Waals surface area contributed by atoms with Crippen molar-refractivity contribution in [1.82, 2.24) is 19.5 Å². The number of hydrogen-bond donors (Lipinski definition) is 1. The van der Waals surface area contributed by atoms with Gasteiger partial charge >= 0.3 is 0 Å². The van der Waals surface area contributed by atoms with Crippen LogP contribution in [-0.2, 0) is 0 Å². The SMILES string of the molecule is Oc1c(C(c2ccco2)N2CCCCC2)sc2ncnn12. The van der Waals surface area contributed by atoms with Crippen LogP contribution in [0.3, 0.4) is 0 Å². The molecule has 0 radical (unpaired) electrons. The van der Waals surface area contributed by atoms with Crippen molar-refractivity contribution in [2.24, 2.45) is 0 Å². The highest BCUT2D eigenvalue weighted by Crippen LogP contribution is 2.40. The summed E-state index contributed by atoms with van der Waals surface area (Å²) in [6.07, 6.45) is 6.76. The van der Waals surface area contributed by atoms with Gasteiger partial charge in [0, 0.05) is 0 Å². The molecule has 1 aliphatic heterocycles. The summed E-state index contributed by atoms with van der Waals surface area (Å²) >= 11 is 1.47. The molecule has 1 atom stereocenters. The van der Waals surface area contributed by atoms with Gasteiger partial charge in [-0.15, -0.1) is 0 Å². The van der Waals surface area contributed by atoms with E-state index in [9.17, 15) is 5.11 Å². The molecule has 3 aromatic rings. The van der Waals surface area contributed by atoms with Gasteiger partial charge in [-0.2, -0.15) is 9.61 Å². The second kappa shape index (κ2) is 5.16. The molecule has 0 aliphatic carbocycles. The predicted molar refractivity (Wildman–Crippen MR) is 78.5 cm³/mol. The predicted octanol–water partition coefficient (Wildman–Crippen LogP) is 2.66. The standard InChI is InChI=1S/C14H16N4O2S/c19-13-12(21-14-15-9-16-18(13)14)11(10-5-4-8-20-10)17-6-2-1-3-7-17/h4-5,8-9,11,19H,1-3,6-7H2. The number of aromatic hydroxyl groups is 1. The fourth-order valence-electron chi connectivity index (χ4n) is 2.97. The molecule has 1 unspecified atom stereocenters. The first-order valence-electron chi connectivity index (χ1n) is 7.13. The minimum Gasteiger partial charge on any atom is -0.492 e. The molecule has 21 heavy (non-hydrogen) atoms. The Morgan fingerprint density at radius 1 is 1.29 bits per heavy atom. The number of rotatable bonds is 3. The molecule has 1 saturated heterocycles. The van der Waals surface area contributed by atoms with Crippen LogP contribution in [0, 0.1) is 0 Å². The summed E-state index contributed by atoms with van der Waals surface area (Å²) < 4.78 is 7.12. The number of hydrogen-bond acceptors (Lipinski definition) is 6. The van der Waals surface area contributed by atoms with E-state index in [-0.39, 0.29) is 11.9 Å². The number of furan rings is 1. The van der Waals surface area contributed by atoms with Crippen LogP contribution >= 0.6 is 11.3 Å². The van der Waals surface area contributed by atoms with E-state index in [0.29, 0.717) is 4.96 Å². The number of aromatic nitrogens is 3. The Morgan fingerprint density at radius 2 is 2.14 bits per heavy atom. The Morgan fingerprint density at radius 3 is 2.86 bits per heavy atom. The summed E-state index contributed by atoms with van der Waals surface area (Å²) in [5.41, 5.74) is 0. The smallest absolute Gasteiger partial charge is 0.230 e. The third kappa shape index (κ3) is 2.13. The molecular weight excluding hydrogens is 288 g/mol. The van der Waals surface area contributed by atoms with Crippen molar-refractivity contribution in [2.75, 3.05) is 13.1 Å². The second-order valence-electron chi connectivity index (χ2n) is 5.26. The zero-order chi connectivity index (χ0) is 14.2. The van der Waals surface area contributed by atoms with Gasteiger partial charge in [-0.3, -0.25) is 4.90 Å². The van der Waals surface area contributed by atoms with Crippen LogP contribution in [0.25, 0.3) is 4.96 Å². The molecule has 1 fully saturated rings. The minimum absolute atomic E-state index is 0.0613. The monoisotopic (exact) mass is 304 g/mol. The summed E-state index contributed by atoms with van der Waals surface area (Å²) in [5.74, 6) is 1.02. The van der Waals surface area contributed by atoms with Gasteiger partial charge in [-0.1, -0.05) is 17.8 Å². The van der Waals surface area contributed by atoms with Crippen LogP contribution in [0.5, 0.6) is 5.88 Å². The topological polar surface area (TPSA) is 66.8 Å². The Hall–Kier alpha value is -1.86. The van der Waals surface area contributed by atoms with Crippen molar-refractivity contribution < 1.29 is 9.52 Å². The highest BCUT2D eigenvalue weighted by Gasteiger charge is 2.31. The zero-order valence-electron chi connectivity index (χ0n) is 11.5. The van der Waals surface area contributed by atoms with Gasteiger partial charge in [-0.25, -0.2) is 4.98 Å². The summed E-state index contributed by atoms with van der Waals surface area (Å²) in [7, 11) is 0. The molecule has 1 N–H and O–H groups in total. The summed E-state index contributed by atoms with van der Waals surface area (Å²) in [5, 5.41) is 14.5. The number of thiazole rings is 1. The van der Waals surface area contributed by atoms with E-state index in [2.05, 4.69) is 15.0 Å². The van der Waals surface area contributed by atoms with Crippen molar-refractivity contribution in [3.8, 4) is 5.88 Å². The first-order chi connectivity index (χ1) is 10.3. The molecule has 1 aliphatic rings. The van der Waals surface area contributed by atoms with E-state index >= 15 is 0 Å². The van der Waals surface area contributed by atoms with E-state index in [1.807, 2.05) is 12.1 Å². The summed E-state index contributed by atoms with van der Waals surface area (Å²) in [6, 6.07) is 3.79. The minimum atomic E-state index is -0.0613. The van der Waals surface area contributed by atoms with Crippen LogP contribution in [0.4, 0.5) is 0 Å². The molecule has 4 heterocycles. The molecule has 3 aromatic heterocycles. The third-order valence-corrected chi connectivity index (χ3v) is 5.04. The summed E-state index contributed by atoms with van der Waals surface area (Å²) in [6.45, 7) is 2.02. The van der Waals surface area contributed by atoms with Crippen LogP contribution < -0.4 is 0 Å². The maximum Gasteiger partial charge on any atom is 0.230 e. The number of likely N-dealkylation sites (tertiary alicyclic amines) is 1. The molecule has 0 amide bonds. The van der Waals surface area contributed by atoms with E-state index in [4.69, 9.17) is 4.42 Å². The average Bonchev–Trinajstić information content (AvgIpc) is 3.22. The largest absolute Gasteiger partial charge is 0.492 e. The van der Waals surface area contributed by atoms with Crippen LogP contribution in [-0.4, -0.2) is 37.7 Å². The van der Waals surface area contributed by atoms with Gasteiger partial charge in [0.1, 0.15) is 18.1 Å². The third-order valence-electron chi connectivity index (χ3n) is 3.96. The fourth-order valence-corrected chi connectivity index (χ4v) is 4.04. The molecule has 6 nitrogen and oxygen atoms in total. The molecule has 110 valence electrons. The Balaban J connectivity index is 1.81. The van der Waals surface area contributed by atoms with Gasteiger partial charge in [0.2, 0.25) is 10.8 Å². The molecule has 0 bridgehead atoms. The van der Waals surface area contributed by atoms with Gasteiger partial charge in [0.25, 0.3) is 0 Å². The maximum absolute atomic E-state index is 10.5. The fraction of sp³-hybridized carbons (Fsp3) is 0.429. The van der Waals surface area contributed by atoms with E-state index < -0.39 is 0 Å². The van der Waals surface area contributed by atoms with Gasteiger partial charge < -0.3 is 9.52 Å². The lowest BCUT2D eigenvalue weighted by molar-refractivity contribution is 0.169. The lowest BCUT2D eigenvalue weighted by atomic mass is 10.1. The second-order valence-corrected chi connectivity index (χ2v) is 6.27. The van der Waals surface area contributed by atoms with Gasteiger partial charge in [0.15, 0.2) is 0 Å². The van der Waals surface area contributed by atoms with Gasteiger partial charge in [0.05, 0.1) is 11.1 Å². The number of fused-ring (bicyclic) bond motifs is 1. The molecule has 0 spiro atoms. The van der Waals surface area contributed by atoms with Crippen LogP contribution in [0.2, 0.25) is 0 Å². The van der Waals surface area contributed by atoms with E-state index in [1.165, 1.54) is 41.4 Å². The highest BCUT2D eigenvalue weighted by molar-refractivity contribution is 7.17.